The minimum Gasteiger partial charge on any atom is -0.370 e. The molecule has 1 unspecified atom stereocenters. The number of thioether (sulfide) groups is 1. The highest BCUT2D eigenvalue weighted by Crippen LogP contribution is 2.20. The van der Waals surface area contributed by atoms with Gasteiger partial charge < -0.3 is 15.0 Å². The Kier molecular flexibility index (Phi) is 6.54. The quantitative estimate of drug-likeness (QED) is 0.772. The van der Waals surface area contributed by atoms with Gasteiger partial charge in [-0.05, 0) is 31.8 Å². The summed E-state index contributed by atoms with van der Waals surface area (Å²) in [6, 6.07) is -0.178. The molecule has 2 N–H and O–H groups in total. The van der Waals surface area contributed by atoms with Gasteiger partial charge in [0, 0.05) is 6.61 Å². The lowest BCUT2D eigenvalue weighted by Crippen LogP contribution is -2.12. The van der Waals surface area contributed by atoms with Crippen molar-refractivity contribution in [1.82, 2.24) is 10.1 Å². The lowest BCUT2D eigenvalue weighted by molar-refractivity contribution is 0.0518. The molecule has 0 radical (unpaired) electrons. The molecule has 0 bridgehead atoms. The van der Waals surface area contributed by atoms with Crippen LogP contribution in [0.2, 0.25) is 0 Å². The Hall–Kier alpha value is -0.590. The van der Waals surface area contributed by atoms with Gasteiger partial charge in [-0.2, -0.15) is 16.7 Å². The third-order valence-electron chi connectivity index (χ3n) is 2.43. The topological polar surface area (TPSA) is 74.2 Å². The Labute approximate surface area is 106 Å². The second-order valence-electron chi connectivity index (χ2n) is 3.73. The molecule has 0 saturated carbocycles. The van der Waals surface area contributed by atoms with Gasteiger partial charge in [-0.3, -0.25) is 0 Å². The van der Waals surface area contributed by atoms with E-state index < -0.39 is 0 Å². The van der Waals surface area contributed by atoms with Gasteiger partial charge in [0.1, 0.15) is 6.10 Å². The molecule has 0 saturated heterocycles. The molecule has 0 aliphatic heterocycles. The van der Waals surface area contributed by atoms with Crippen molar-refractivity contribution >= 4 is 11.8 Å². The molecule has 0 amide bonds. The highest BCUT2D eigenvalue weighted by atomic mass is 32.2. The Morgan fingerprint density at radius 3 is 2.82 bits per heavy atom. The van der Waals surface area contributed by atoms with Crippen molar-refractivity contribution in [2.24, 2.45) is 5.73 Å². The van der Waals surface area contributed by atoms with E-state index in [1.54, 1.807) is 11.8 Å². The van der Waals surface area contributed by atoms with E-state index in [0.717, 1.165) is 18.6 Å². The normalized spacial score (nSPS) is 14.8. The fourth-order valence-corrected chi connectivity index (χ4v) is 1.96. The van der Waals surface area contributed by atoms with Gasteiger partial charge in [-0.15, -0.1) is 0 Å². The average molecular weight is 259 g/mol. The van der Waals surface area contributed by atoms with Crippen molar-refractivity contribution in [2.75, 3.05) is 18.6 Å². The molecule has 1 heterocycles. The van der Waals surface area contributed by atoms with E-state index in [-0.39, 0.29) is 12.1 Å². The average Bonchev–Trinajstić information content (AvgIpc) is 2.82. The largest absolute Gasteiger partial charge is 0.370 e. The Morgan fingerprint density at radius 2 is 2.24 bits per heavy atom. The van der Waals surface area contributed by atoms with Crippen LogP contribution in [0, 0.1) is 0 Å². The van der Waals surface area contributed by atoms with Crippen molar-refractivity contribution < 1.29 is 9.26 Å². The maximum atomic E-state index is 5.96. The molecule has 0 aromatic carbocycles. The number of ether oxygens (including phenoxy) is 1. The molecule has 0 spiro atoms. The smallest absolute Gasteiger partial charge is 0.243 e. The van der Waals surface area contributed by atoms with Crippen LogP contribution >= 0.6 is 11.8 Å². The number of hydrogen-bond acceptors (Lipinski definition) is 6. The molecule has 0 aliphatic carbocycles. The summed E-state index contributed by atoms with van der Waals surface area (Å²) in [6.45, 7) is 4.62. The molecule has 1 aromatic heterocycles. The summed E-state index contributed by atoms with van der Waals surface area (Å²) in [7, 11) is 0. The Morgan fingerprint density at radius 1 is 1.47 bits per heavy atom. The number of rotatable bonds is 8. The van der Waals surface area contributed by atoms with Gasteiger partial charge in [0.15, 0.2) is 0 Å². The van der Waals surface area contributed by atoms with E-state index in [1.165, 1.54) is 0 Å². The zero-order valence-electron chi connectivity index (χ0n) is 10.7. The fraction of sp³-hybridized carbons (Fsp3) is 0.818. The van der Waals surface area contributed by atoms with Gasteiger partial charge in [-0.1, -0.05) is 12.1 Å². The predicted molar refractivity (Wildman–Crippen MR) is 68.9 cm³/mol. The summed E-state index contributed by atoms with van der Waals surface area (Å²) in [6.07, 6.45) is 3.63. The van der Waals surface area contributed by atoms with Crippen LogP contribution in [0.15, 0.2) is 4.52 Å². The molecular weight excluding hydrogens is 238 g/mol. The lowest BCUT2D eigenvalue weighted by Gasteiger charge is -2.09. The maximum Gasteiger partial charge on any atom is 0.243 e. The molecule has 5 nitrogen and oxygen atoms in total. The minimum atomic E-state index is -0.178. The molecule has 0 aliphatic rings. The standard InChI is InChI=1S/C11H21N3O2S/c1-4-9(15-5-2)10-13-11(16-14-10)8(12)6-7-17-3/h8-9H,4-7,12H2,1-3H3/t8-,9?/m0/s1. The van der Waals surface area contributed by atoms with Crippen LogP contribution in [0.4, 0.5) is 0 Å². The van der Waals surface area contributed by atoms with E-state index in [1.807, 2.05) is 20.1 Å². The predicted octanol–water partition coefficient (Wildman–Crippen LogP) is 2.31. The van der Waals surface area contributed by atoms with Crippen molar-refractivity contribution in [3.8, 4) is 0 Å². The minimum absolute atomic E-state index is 0.0924. The Bertz CT molecular complexity index is 319. The number of hydrogen-bond donors (Lipinski definition) is 1. The van der Waals surface area contributed by atoms with E-state index in [9.17, 15) is 0 Å². The maximum absolute atomic E-state index is 5.96. The van der Waals surface area contributed by atoms with E-state index in [2.05, 4.69) is 10.1 Å². The molecule has 1 rings (SSSR count). The second kappa shape index (κ2) is 7.68. The SMILES string of the molecule is CCOC(CC)c1noc([C@@H](N)CCSC)n1. The van der Waals surface area contributed by atoms with Crippen LogP contribution < -0.4 is 5.73 Å². The van der Waals surface area contributed by atoms with Crippen molar-refractivity contribution in [3.63, 3.8) is 0 Å². The number of aromatic nitrogens is 2. The summed E-state index contributed by atoms with van der Waals surface area (Å²) in [5.74, 6) is 2.10. The fourth-order valence-electron chi connectivity index (χ4n) is 1.47. The molecule has 0 fully saturated rings. The summed E-state index contributed by atoms with van der Waals surface area (Å²) in [5.41, 5.74) is 5.96. The summed E-state index contributed by atoms with van der Waals surface area (Å²) < 4.78 is 10.7. The van der Waals surface area contributed by atoms with Crippen LogP contribution in [0.5, 0.6) is 0 Å². The van der Waals surface area contributed by atoms with Gasteiger partial charge >= 0.3 is 0 Å². The highest BCUT2D eigenvalue weighted by Gasteiger charge is 2.19. The Balaban J connectivity index is 2.62. The third-order valence-corrected chi connectivity index (χ3v) is 3.08. The van der Waals surface area contributed by atoms with Crippen LogP contribution in [-0.2, 0) is 4.74 Å². The second-order valence-corrected chi connectivity index (χ2v) is 4.72. The van der Waals surface area contributed by atoms with E-state index >= 15 is 0 Å². The van der Waals surface area contributed by atoms with E-state index in [4.69, 9.17) is 15.0 Å². The van der Waals surface area contributed by atoms with Gasteiger partial charge in [0.25, 0.3) is 0 Å². The van der Waals surface area contributed by atoms with E-state index in [0.29, 0.717) is 18.3 Å². The first-order valence-corrected chi connectivity index (χ1v) is 7.31. The van der Waals surface area contributed by atoms with Crippen molar-refractivity contribution in [1.29, 1.82) is 0 Å². The van der Waals surface area contributed by atoms with Crippen molar-refractivity contribution in [2.45, 2.75) is 38.8 Å². The molecule has 2 atom stereocenters. The lowest BCUT2D eigenvalue weighted by atomic mass is 10.2. The molecule has 1 aromatic rings. The number of nitrogens with zero attached hydrogens (tertiary/aromatic N) is 2. The molecular formula is C11H21N3O2S. The third kappa shape index (κ3) is 4.29. The summed E-state index contributed by atoms with van der Waals surface area (Å²) >= 11 is 1.76. The van der Waals surface area contributed by atoms with Crippen LogP contribution in [0.1, 0.15) is 50.6 Å². The number of nitrogens with two attached hydrogens (primary N) is 1. The van der Waals surface area contributed by atoms with Gasteiger partial charge in [0.2, 0.25) is 11.7 Å². The molecule has 17 heavy (non-hydrogen) atoms. The van der Waals surface area contributed by atoms with Crippen LogP contribution in [-0.4, -0.2) is 28.8 Å². The first-order chi connectivity index (χ1) is 8.22. The van der Waals surface area contributed by atoms with Gasteiger partial charge in [-0.25, -0.2) is 0 Å². The van der Waals surface area contributed by atoms with Crippen LogP contribution in [0.3, 0.4) is 0 Å². The first kappa shape index (κ1) is 14.5. The zero-order valence-corrected chi connectivity index (χ0v) is 11.5. The van der Waals surface area contributed by atoms with Gasteiger partial charge in [0.05, 0.1) is 6.04 Å². The highest BCUT2D eigenvalue weighted by molar-refractivity contribution is 7.98. The summed E-state index contributed by atoms with van der Waals surface area (Å²) in [5, 5.41) is 3.94. The zero-order chi connectivity index (χ0) is 12.7. The summed E-state index contributed by atoms with van der Waals surface area (Å²) in [4.78, 5) is 4.32. The first-order valence-electron chi connectivity index (χ1n) is 5.92. The van der Waals surface area contributed by atoms with Crippen molar-refractivity contribution in [3.05, 3.63) is 11.7 Å². The molecule has 6 heteroatoms. The molecule has 98 valence electrons. The van der Waals surface area contributed by atoms with Crippen LogP contribution in [0.25, 0.3) is 0 Å². The monoisotopic (exact) mass is 259 g/mol.